The highest BCUT2D eigenvalue weighted by atomic mass is 16.1. The Morgan fingerprint density at radius 1 is 0.871 bits per heavy atom. The Labute approximate surface area is 185 Å². The summed E-state index contributed by atoms with van der Waals surface area (Å²) < 4.78 is 0. The predicted octanol–water partition coefficient (Wildman–Crippen LogP) is 4.49. The van der Waals surface area contributed by atoms with Crippen LogP contribution in [0.15, 0.2) is 36.7 Å². The molecule has 1 aliphatic heterocycles. The number of amides is 1. The first-order valence-electron chi connectivity index (χ1n) is 12.0. The summed E-state index contributed by atoms with van der Waals surface area (Å²) in [5, 5.41) is 6.51. The molecule has 6 nitrogen and oxygen atoms in total. The lowest BCUT2D eigenvalue weighted by molar-refractivity contribution is 0.0948. The van der Waals surface area contributed by atoms with Crippen LogP contribution in [0.1, 0.15) is 68.1 Å². The Bertz CT molecular complexity index is 807. The van der Waals surface area contributed by atoms with Crippen molar-refractivity contribution in [2.75, 3.05) is 31.5 Å². The van der Waals surface area contributed by atoms with E-state index in [2.05, 4.69) is 25.5 Å². The lowest BCUT2D eigenvalue weighted by Crippen LogP contribution is -2.35. The van der Waals surface area contributed by atoms with E-state index in [9.17, 15) is 4.79 Å². The molecule has 0 spiro atoms. The van der Waals surface area contributed by atoms with Gasteiger partial charge in [0.05, 0.1) is 0 Å². The lowest BCUT2D eigenvalue weighted by atomic mass is 9.96. The van der Waals surface area contributed by atoms with Gasteiger partial charge in [0.1, 0.15) is 0 Å². The van der Waals surface area contributed by atoms with Gasteiger partial charge in [0.2, 0.25) is 5.95 Å². The van der Waals surface area contributed by atoms with Gasteiger partial charge in [0, 0.05) is 42.7 Å². The van der Waals surface area contributed by atoms with Crippen LogP contribution in [0.2, 0.25) is 0 Å². The summed E-state index contributed by atoms with van der Waals surface area (Å²) in [6, 6.07) is 8.19. The van der Waals surface area contributed by atoms with E-state index >= 15 is 0 Å². The number of carbonyl (C=O) groups is 1. The van der Waals surface area contributed by atoms with E-state index in [0.717, 1.165) is 30.8 Å². The topological polar surface area (TPSA) is 70.2 Å². The predicted molar refractivity (Wildman–Crippen MR) is 125 cm³/mol. The van der Waals surface area contributed by atoms with Gasteiger partial charge in [-0.2, -0.15) is 0 Å². The summed E-state index contributed by atoms with van der Waals surface area (Å²) in [7, 11) is 0. The van der Waals surface area contributed by atoms with E-state index in [4.69, 9.17) is 0 Å². The quantitative estimate of drug-likeness (QED) is 0.689. The third-order valence-corrected chi connectivity index (χ3v) is 6.48. The fourth-order valence-electron chi connectivity index (χ4n) is 4.58. The molecule has 2 aromatic rings. The molecule has 0 bridgehead atoms. The first-order chi connectivity index (χ1) is 15.3. The number of rotatable bonds is 7. The fourth-order valence-corrected chi connectivity index (χ4v) is 4.58. The zero-order valence-electron chi connectivity index (χ0n) is 18.5. The molecule has 1 aromatic heterocycles. The maximum absolute atomic E-state index is 12.5. The van der Waals surface area contributed by atoms with Crippen LogP contribution in [0.4, 0.5) is 5.95 Å². The zero-order chi connectivity index (χ0) is 21.3. The van der Waals surface area contributed by atoms with Crippen molar-refractivity contribution in [2.45, 2.75) is 63.8 Å². The van der Waals surface area contributed by atoms with E-state index < -0.39 is 0 Å². The molecule has 2 fully saturated rings. The number of benzene rings is 1. The molecule has 2 N–H and O–H groups in total. The molecule has 0 atom stereocenters. The average Bonchev–Trinajstić information content (AvgIpc) is 3.09. The van der Waals surface area contributed by atoms with Crippen LogP contribution in [0, 0.1) is 0 Å². The van der Waals surface area contributed by atoms with E-state index in [1.807, 2.05) is 36.7 Å². The van der Waals surface area contributed by atoms with Gasteiger partial charge in [-0.3, -0.25) is 4.79 Å². The van der Waals surface area contributed by atoms with Crippen LogP contribution >= 0.6 is 0 Å². The molecule has 31 heavy (non-hydrogen) atoms. The smallest absolute Gasteiger partial charge is 0.251 e. The minimum absolute atomic E-state index is 0.00958. The van der Waals surface area contributed by atoms with Gasteiger partial charge in [-0.05, 0) is 56.5 Å². The Hall–Kier alpha value is -2.47. The average molecular weight is 422 g/mol. The summed E-state index contributed by atoms with van der Waals surface area (Å²) >= 11 is 0. The van der Waals surface area contributed by atoms with Crippen molar-refractivity contribution in [2.24, 2.45) is 0 Å². The summed E-state index contributed by atoms with van der Waals surface area (Å²) in [5.41, 5.74) is 2.67. The normalized spacial score (nSPS) is 18.3. The Balaban J connectivity index is 1.26. The maximum atomic E-state index is 12.5. The number of aromatic nitrogens is 2. The van der Waals surface area contributed by atoms with Crippen molar-refractivity contribution in [3.05, 3.63) is 42.2 Å². The molecule has 6 heteroatoms. The molecule has 1 saturated carbocycles. The molecule has 1 saturated heterocycles. The Morgan fingerprint density at radius 2 is 1.52 bits per heavy atom. The van der Waals surface area contributed by atoms with Crippen LogP contribution in [0.25, 0.3) is 11.1 Å². The van der Waals surface area contributed by atoms with Gasteiger partial charge in [-0.25, -0.2) is 9.97 Å². The van der Waals surface area contributed by atoms with Crippen molar-refractivity contribution in [1.29, 1.82) is 0 Å². The van der Waals surface area contributed by atoms with Crippen molar-refractivity contribution < 1.29 is 4.79 Å². The number of nitrogens with one attached hydrogen (secondary N) is 2. The van der Waals surface area contributed by atoms with Crippen LogP contribution in [0.5, 0.6) is 0 Å². The molecule has 2 aliphatic rings. The standard InChI is InChI=1S/C25H35N5O/c31-24(26-14-17-30-15-6-1-2-7-16-30)21-12-10-20(11-13-21)22-18-27-25(28-19-22)29-23-8-4-3-5-9-23/h10-13,18-19,23H,1-9,14-17H2,(H,26,31)(H,27,28,29). The van der Waals surface area contributed by atoms with Gasteiger partial charge in [0.25, 0.3) is 5.91 Å². The third kappa shape index (κ3) is 6.50. The lowest BCUT2D eigenvalue weighted by Gasteiger charge is -2.22. The van der Waals surface area contributed by atoms with Crippen molar-refractivity contribution in [3.8, 4) is 11.1 Å². The molecule has 166 valence electrons. The first kappa shape index (κ1) is 21.8. The van der Waals surface area contributed by atoms with Crippen LogP contribution < -0.4 is 10.6 Å². The second-order valence-corrected chi connectivity index (χ2v) is 8.86. The minimum Gasteiger partial charge on any atom is -0.351 e. The van der Waals surface area contributed by atoms with E-state index in [0.29, 0.717) is 24.1 Å². The van der Waals surface area contributed by atoms with E-state index in [1.54, 1.807) is 0 Å². The van der Waals surface area contributed by atoms with Gasteiger partial charge in [-0.15, -0.1) is 0 Å². The second-order valence-electron chi connectivity index (χ2n) is 8.86. The van der Waals surface area contributed by atoms with Crippen molar-refractivity contribution in [1.82, 2.24) is 20.2 Å². The van der Waals surface area contributed by atoms with Crippen molar-refractivity contribution >= 4 is 11.9 Å². The van der Waals surface area contributed by atoms with E-state index in [-0.39, 0.29) is 5.91 Å². The Kier molecular flexibility index (Phi) is 7.88. The molecule has 0 radical (unpaired) electrons. The van der Waals surface area contributed by atoms with Crippen LogP contribution in [-0.4, -0.2) is 53.0 Å². The highest BCUT2D eigenvalue weighted by Gasteiger charge is 2.14. The van der Waals surface area contributed by atoms with Gasteiger partial charge < -0.3 is 15.5 Å². The molecular weight excluding hydrogens is 386 g/mol. The molecule has 1 aliphatic carbocycles. The molecule has 0 unspecified atom stereocenters. The summed E-state index contributed by atoms with van der Waals surface area (Å²) in [6.45, 7) is 3.94. The molecule has 2 heterocycles. The molecular formula is C25H35N5O. The Morgan fingerprint density at radius 3 is 2.19 bits per heavy atom. The number of likely N-dealkylation sites (tertiary alicyclic amines) is 1. The molecule has 1 amide bonds. The number of nitrogens with zero attached hydrogens (tertiary/aromatic N) is 3. The van der Waals surface area contributed by atoms with Crippen molar-refractivity contribution in [3.63, 3.8) is 0 Å². The number of carbonyl (C=O) groups excluding carboxylic acids is 1. The fraction of sp³-hybridized carbons (Fsp3) is 0.560. The maximum Gasteiger partial charge on any atom is 0.251 e. The largest absolute Gasteiger partial charge is 0.351 e. The third-order valence-electron chi connectivity index (χ3n) is 6.48. The van der Waals surface area contributed by atoms with Gasteiger partial charge >= 0.3 is 0 Å². The summed E-state index contributed by atoms with van der Waals surface area (Å²) in [5.74, 6) is 0.695. The highest BCUT2D eigenvalue weighted by Crippen LogP contribution is 2.22. The first-order valence-corrected chi connectivity index (χ1v) is 12.0. The minimum atomic E-state index is -0.00958. The van der Waals surface area contributed by atoms with Crippen LogP contribution in [-0.2, 0) is 0 Å². The highest BCUT2D eigenvalue weighted by molar-refractivity contribution is 5.94. The van der Waals surface area contributed by atoms with Crippen LogP contribution in [0.3, 0.4) is 0 Å². The second kappa shape index (κ2) is 11.2. The SMILES string of the molecule is O=C(NCCN1CCCCCC1)c1ccc(-c2cnc(NC3CCCCC3)nc2)cc1. The summed E-state index contributed by atoms with van der Waals surface area (Å²) in [6.07, 6.45) is 15.2. The number of hydrogen-bond donors (Lipinski definition) is 2. The molecule has 4 rings (SSSR count). The van der Waals surface area contributed by atoms with E-state index in [1.165, 1.54) is 57.8 Å². The zero-order valence-corrected chi connectivity index (χ0v) is 18.5. The number of hydrogen-bond acceptors (Lipinski definition) is 5. The monoisotopic (exact) mass is 421 g/mol. The summed E-state index contributed by atoms with van der Waals surface area (Å²) in [4.78, 5) is 23.9. The van der Waals surface area contributed by atoms with Gasteiger partial charge in [-0.1, -0.05) is 44.2 Å². The van der Waals surface area contributed by atoms with Gasteiger partial charge in [0.15, 0.2) is 0 Å². The number of anilines is 1. The molecule has 1 aromatic carbocycles.